The molecule has 1 aromatic carbocycles. The van der Waals surface area contributed by atoms with Gasteiger partial charge in [-0.2, -0.15) is 0 Å². The summed E-state index contributed by atoms with van der Waals surface area (Å²) in [6, 6.07) is 10.9. The van der Waals surface area contributed by atoms with Gasteiger partial charge in [0, 0.05) is 32.4 Å². The molecule has 2 bridgehead atoms. The topological polar surface area (TPSA) is 166 Å². The number of aromatic nitrogens is 2. The van der Waals surface area contributed by atoms with Crippen LogP contribution in [0.1, 0.15) is 63.5 Å². The number of pyridine rings is 1. The lowest BCUT2D eigenvalue weighted by molar-refractivity contribution is -0.134. The van der Waals surface area contributed by atoms with Crippen molar-refractivity contribution < 1.29 is 29.0 Å². The molecule has 4 rings (SSSR count). The van der Waals surface area contributed by atoms with Gasteiger partial charge in [0.05, 0.1) is 23.7 Å². The Morgan fingerprint density at radius 2 is 1.69 bits per heavy atom. The molecular formula is C36H51N7O6. The highest BCUT2D eigenvalue weighted by molar-refractivity contribution is 5.92. The summed E-state index contributed by atoms with van der Waals surface area (Å²) >= 11 is 0. The molecule has 3 heterocycles. The number of ether oxygens (including phenoxy) is 1. The van der Waals surface area contributed by atoms with E-state index in [0.717, 1.165) is 36.5 Å². The van der Waals surface area contributed by atoms with E-state index in [0.29, 0.717) is 50.2 Å². The fourth-order valence-corrected chi connectivity index (χ4v) is 5.92. The number of amides is 4. The van der Waals surface area contributed by atoms with Crippen molar-refractivity contribution in [2.45, 2.75) is 84.5 Å². The van der Waals surface area contributed by atoms with E-state index < -0.39 is 30.0 Å². The zero-order valence-corrected chi connectivity index (χ0v) is 29.0. The fourth-order valence-electron chi connectivity index (χ4n) is 5.92. The number of carbonyl (C=O) groups is 4. The van der Waals surface area contributed by atoms with E-state index in [-0.39, 0.29) is 30.8 Å². The molecular weight excluding hydrogens is 626 g/mol. The van der Waals surface area contributed by atoms with Gasteiger partial charge in [-0.25, -0.2) is 4.98 Å². The van der Waals surface area contributed by atoms with Crippen molar-refractivity contribution in [3.05, 3.63) is 65.7 Å². The average Bonchev–Trinajstić information content (AvgIpc) is 3.37. The number of imidazole rings is 1. The van der Waals surface area contributed by atoms with E-state index in [4.69, 9.17) is 9.72 Å². The second-order valence-corrected chi connectivity index (χ2v) is 13.1. The molecule has 2 aromatic heterocycles. The van der Waals surface area contributed by atoms with Crippen LogP contribution in [-0.2, 0) is 32.1 Å². The molecule has 49 heavy (non-hydrogen) atoms. The second kappa shape index (κ2) is 18.3. The summed E-state index contributed by atoms with van der Waals surface area (Å²) in [5.41, 5.74) is 2.67. The van der Waals surface area contributed by atoms with Crippen molar-refractivity contribution in [3.8, 4) is 5.75 Å². The summed E-state index contributed by atoms with van der Waals surface area (Å²) in [4.78, 5) is 59.2. The monoisotopic (exact) mass is 677 g/mol. The molecule has 0 radical (unpaired) electrons. The minimum atomic E-state index is -1.18. The van der Waals surface area contributed by atoms with Gasteiger partial charge in [-0.15, -0.1) is 0 Å². The lowest BCUT2D eigenvalue weighted by atomic mass is 10.0. The SMILES string of the molecule is Cc1nc(CN2CCCCNC(=O)[C@H]([C@@H](C)O)NC(=O)[C@@H](CC(C)C)NC(=O)Cc3cccc(c3)OCC(=O)NCCC2)c2ccccn12. The van der Waals surface area contributed by atoms with Crippen molar-refractivity contribution in [3.63, 3.8) is 0 Å². The standard InChI is InChI=1S/C36H51N7O6/c1-24(2)19-29-35(47)41-34(25(3)44)36(48)38-14-6-8-16-42(22-30-31-13-5-7-18-43(31)26(4)39-30)17-10-15-37-33(46)23-49-28-12-9-11-27(20-28)21-32(45)40-29/h5,7,9,11-13,18,20,24-25,29,34,44H,6,8,10,14-17,19,21-23H2,1-4H3,(H,37,46)(H,38,48)(H,40,45)(H,41,47)/t25-,29-,34+/m1/s1. The summed E-state index contributed by atoms with van der Waals surface area (Å²) in [6.45, 7) is 10.1. The van der Waals surface area contributed by atoms with Crippen LogP contribution in [0.15, 0.2) is 48.7 Å². The molecule has 0 aliphatic carbocycles. The number of aryl methyl sites for hydroxylation is 1. The predicted molar refractivity (Wildman–Crippen MR) is 186 cm³/mol. The second-order valence-electron chi connectivity index (χ2n) is 13.1. The molecule has 3 atom stereocenters. The van der Waals surface area contributed by atoms with Crippen molar-refractivity contribution in [2.75, 3.05) is 32.8 Å². The Balaban J connectivity index is 1.48. The molecule has 0 spiro atoms. The lowest BCUT2D eigenvalue weighted by Crippen LogP contribution is -2.57. The third-order valence-corrected chi connectivity index (χ3v) is 8.40. The van der Waals surface area contributed by atoms with Crippen molar-refractivity contribution in [2.24, 2.45) is 5.92 Å². The lowest BCUT2D eigenvalue weighted by Gasteiger charge is -2.26. The van der Waals surface area contributed by atoms with Crippen LogP contribution in [0.25, 0.3) is 5.52 Å². The molecule has 0 fully saturated rings. The number of nitrogens with zero attached hydrogens (tertiary/aromatic N) is 3. The van der Waals surface area contributed by atoms with Crippen LogP contribution in [0.2, 0.25) is 0 Å². The van der Waals surface area contributed by atoms with Crippen LogP contribution in [0, 0.1) is 12.8 Å². The van der Waals surface area contributed by atoms with E-state index in [2.05, 4.69) is 36.6 Å². The Morgan fingerprint density at radius 3 is 2.47 bits per heavy atom. The Labute approximate surface area is 288 Å². The number of carbonyl (C=O) groups excluding carboxylic acids is 4. The number of benzene rings is 1. The smallest absolute Gasteiger partial charge is 0.257 e. The largest absolute Gasteiger partial charge is 0.484 e. The minimum absolute atomic E-state index is 0.0175. The molecule has 5 N–H and O–H groups in total. The van der Waals surface area contributed by atoms with Crippen molar-refractivity contribution in [1.29, 1.82) is 0 Å². The Kier molecular flexibility index (Phi) is 14.0. The Hall–Kier alpha value is -4.49. The summed E-state index contributed by atoms with van der Waals surface area (Å²) in [5.74, 6) is -0.224. The highest BCUT2D eigenvalue weighted by Gasteiger charge is 2.30. The fraction of sp³-hybridized carbons (Fsp3) is 0.528. The number of hydrogen-bond acceptors (Lipinski definition) is 8. The molecule has 0 saturated heterocycles. The van der Waals surface area contributed by atoms with E-state index in [9.17, 15) is 24.3 Å². The highest BCUT2D eigenvalue weighted by atomic mass is 16.5. The van der Waals surface area contributed by atoms with E-state index >= 15 is 0 Å². The normalized spacial score (nSPS) is 20.8. The predicted octanol–water partition coefficient (Wildman–Crippen LogP) is 1.88. The van der Waals surface area contributed by atoms with Gasteiger partial charge < -0.3 is 35.5 Å². The van der Waals surface area contributed by atoms with Gasteiger partial charge in [-0.1, -0.05) is 32.0 Å². The van der Waals surface area contributed by atoms with Crippen LogP contribution < -0.4 is 26.0 Å². The first-order valence-electron chi connectivity index (χ1n) is 17.2. The first-order chi connectivity index (χ1) is 23.5. The van der Waals surface area contributed by atoms with Crippen LogP contribution in [0.3, 0.4) is 0 Å². The number of aliphatic hydroxyl groups excluding tert-OH is 1. The van der Waals surface area contributed by atoms with Crippen LogP contribution in [-0.4, -0.2) is 94.0 Å². The zero-order valence-electron chi connectivity index (χ0n) is 29.0. The van der Waals surface area contributed by atoms with E-state index in [1.54, 1.807) is 24.3 Å². The van der Waals surface area contributed by atoms with Gasteiger partial charge in [0.15, 0.2) is 6.61 Å². The highest BCUT2D eigenvalue weighted by Crippen LogP contribution is 2.17. The number of aliphatic hydroxyl groups is 1. The van der Waals surface area contributed by atoms with Gasteiger partial charge in [0.2, 0.25) is 17.7 Å². The molecule has 4 amide bonds. The van der Waals surface area contributed by atoms with Crippen LogP contribution in [0.4, 0.5) is 0 Å². The van der Waals surface area contributed by atoms with E-state index in [1.807, 2.05) is 39.1 Å². The molecule has 13 heteroatoms. The van der Waals surface area contributed by atoms with Gasteiger partial charge in [0.1, 0.15) is 23.7 Å². The maximum absolute atomic E-state index is 13.4. The molecule has 1 aliphatic rings. The van der Waals surface area contributed by atoms with Gasteiger partial charge in [0.25, 0.3) is 5.91 Å². The summed E-state index contributed by atoms with van der Waals surface area (Å²) in [5, 5.41) is 21.7. The molecule has 0 saturated carbocycles. The number of nitrogens with one attached hydrogen (secondary N) is 4. The van der Waals surface area contributed by atoms with Crippen molar-refractivity contribution >= 4 is 29.1 Å². The molecule has 266 valence electrons. The summed E-state index contributed by atoms with van der Waals surface area (Å²) in [6.07, 6.45) is 3.34. The number of rotatable bonds is 5. The van der Waals surface area contributed by atoms with Crippen LogP contribution >= 0.6 is 0 Å². The Bertz CT molecular complexity index is 1570. The molecule has 0 unspecified atom stereocenters. The zero-order chi connectivity index (χ0) is 35.3. The average molecular weight is 678 g/mol. The third-order valence-electron chi connectivity index (χ3n) is 8.40. The summed E-state index contributed by atoms with van der Waals surface area (Å²) < 4.78 is 7.79. The number of hydrogen-bond donors (Lipinski definition) is 5. The first-order valence-corrected chi connectivity index (χ1v) is 17.2. The maximum atomic E-state index is 13.4. The van der Waals surface area contributed by atoms with Gasteiger partial charge in [-0.05, 0) is 81.8 Å². The van der Waals surface area contributed by atoms with Gasteiger partial charge >= 0.3 is 0 Å². The van der Waals surface area contributed by atoms with Crippen LogP contribution in [0.5, 0.6) is 5.75 Å². The summed E-state index contributed by atoms with van der Waals surface area (Å²) in [7, 11) is 0. The molecule has 13 nitrogen and oxygen atoms in total. The molecule has 1 aliphatic heterocycles. The number of fused-ring (bicyclic) bond motifs is 3. The maximum Gasteiger partial charge on any atom is 0.257 e. The van der Waals surface area contributed by atoms with Gasteiger partial charge in [-0.3, -0.25) is 24.1 Å². The third kappa shape index (κ3) is 11.6. The Morgan fingerprint density at radius 1 is 0.918 bits per heavy atom. The van der Waals surface area contributed by atoms with E-state index in [1.165, 1.54) is 6.92 Å². The minimum Gasteiger partial charge on any atom is -0.484 e. The molecule has 3 aromatic rings. The van der Waals surface area contributed by atoms with Crippen molar-refractivity contribution in [1.82, 2.24) is 35.6 Å². The quantitative estimate of drug-likeness (QED) is 0.273. The first kappa shape index (κ1) is 37.3.